The lowest BCUT2D eigenvalue weighted by Gasteiger charge is -2.40. The molecular weight excluding hydrogens is 736 g/mol. The summed E-state index contributed by atoms with van der Waals surface area (Å²) in [6, 6.07) is 10.5. The zero-order chi connectivity index (χ0) is 39.7. The lowest BCUT2D eigenvalue weighted by atomic mass is 9.99. The van der Waals surface area contributed by atoms with Gasteiger partial charge in [0, 0.05) is 23.8 Å². The van der Waals surface area contributed by atoms with E-state index in [0.717, 1.165) is 30.3 Å². The van der Waals surface area contributed by atoms with Crippen molar-refractivity contribution in [1.82, 2.24) is 0 Å². The number of carbonyl (C=O) groups excluding carboxylic acids is 1. The third kappa shape index (κ3) is 8.29. The Balaban J connectivity index is 1.25. The molecule has 0 bridgehead atoms. The monoisotopic (exact) mass is 772 g/mol. The molecular formula is C36H36O19. The standard InChI is InChI=1S/C36H36O19/c37-12-25-28(44)30(46)32(48)36(54-25)53-24-11-17-20(41)9-16(38)10-22(17)51-34(24)15-3-5-19(40)23(8-15)52-35-33(49)31(47)29(45)26(55-35)13-50-27(43)6-2-14-1-4-18(39)21(42)7-14/h1-11,25-26,28-33,35-37,39-42,44-49H,12-13H2. The van der Waals surface area contributed by atoms with Gasteiger partial charge in [-0.1, -0.05) is 6.07 Å². The first-order chi connectivity index (χ1) is 26.1. The van der Waals surface area contributed by atoms with Crippen LogP contribution >= 0.6 is 0 Å². The van der Waals surface area contributed by atoms with Crippen molar-refractivity contribution >= 4 is 12.0 Å². The van der Waals surface area contributed by atoms with Crippen molar-refractivity contribution in [2.75, 3.05) is 13.2 Å². The van der Waals surface area contributed by atoms with Crippen LogP contribution in [0.25, 0.3) is 28.7 Å². The number of aliphatic hydroxyl groups is 7. The van der Waals surface area contributed by atoms with Crippen LogP contribution in [-0.2, 0) is 19.0 Å². The van der Waals surface area contributed by atoms with Gasteiger partial charge < -0.3 is 84.3 Å². The quantitative estimate of drug-likeness (QED) is 0.0515. The van der Waals surface area contributed by atoms with Gasteiger partial charge >= 0.3 is 5.97 Å². The minimum atomic E-state index is -1.92. The van der Waals surface area contributed by atoms with Gasteiger partial charge in [0.2, 0.25) is 12.6 Å². The van der Waals surface area contributed by atoms with E-state index in [-0.39, 0.29) is 34.1 Å². The molecule has 2 aromatic rings. The van der Waals surface area contributed by atoms with Gasteiger partial charge in [0.05, 0.1) is 12.2 Å². The fraction of sp³-hybridized carbons (Fsp3) is 0.333. The van der Waals surface area contributed by atoms with Crippen LogP contribution in [0.1, 0.15) is 5.56 Å². The number of fused-ring (bicyclic) bond motifs is 1. The van der Waals surface area contributed by atoms with Crippen LogP contribution in [0.2, 0.25) is 0 Å². The van der Waals surface area contributed by atoms with Crippen LogP contribution in [0.3, 0.4) is 0 Å². The summed E-state index contributed by atoms with van der Waals surface area (Å²) in [6.07, 6.45) is -15.1. The maximum atomic E-state index is 12.4. The Kier molecular flexibility index (Phi) is 11.5. The summed E-state index contributed by atoms with van der Waals surface area (Å²) in [6.45, 7) is -1.41. The third-order valence-corrected chi connectivity index (χ3v) is 8.83. The van der Waals surface area contributed by atoms with E-state index < -0.39 is 109 Å². The molecule has 0 aromatic heterocycles. The predicted molar refractivity (Wildman–Crippen MR) is 182 cm³/mol. The molecule has 55 heavy (non-hydrogen) atoms. The Morgan fingerprint density at radius 2 is 1.31 bits per heavy atom. The van der Waals surface area contributed by atoms with Crippen molar-refractivity contribution in [3.63, 3.8) is 0 Å². The van der Waals surface area contributed by atoms with E-state index in [1.807, 2.05) is 0 Å². The van der Waals surface area contributed by atoms with Crippen molar-refractivity contribution in [3.05, 3.63) is 76.5 Å². The zero-order valence-electron chi connectivity index (χ0n) is 28.2. The Bertz CT molecular complexity index is 2060. The van der Waals surface area contributed by atoms with Crippen molar-refractivity contribution in [2.45, 2.75) is 61.4 Å². The highest BCUT2D eigenvalue weighted by Crippen LogP contribution is 2.44. The molecule has 0 spiro atoms. The second-order valence-electron chi connectivity index (χ2n) is 12.6. The SMILES string of the molecule is O=C(C=Cc1ccc(O)c(O)c1)OCC1OC(Oc2cc(-c3oc4cc(=O)cc(O)c-4cc3OC3OC(CO)C(O)C(O)C3O)ccc2O)C(O)C(O)C1O. The Morgan fingerprint density at radius 1 is 0.673 bits per heavy atom. The number of hydrogen-bond donors (Lipinski definition) is 11. The molecule has 2 aromatic carbocycles. The number of phenolic OH excluding ortho intramolecular Hbond substituents is 4. The molecule has 10 unspecified atom stereocenters. The largest absolute Gasteiger partial charge is 0.507 e. The summed E-state index contributed by atoms with van der Waals surface area (Å²) >= 11 is 0. The highest BCUT2D eigenvalue weighted by atomic mass is 16.7. The molecule has 6 rings (SSSR count). The number of aromatic hydroxyl groups is 4. The Morgan fingerprint density at radius 3 is 1.98 bits per heavy atom. The van der Waals surface area contributed by atoms with E-state index in [9.17, 15) is 65.8 Å². The molecule has 3 heterocycles. The van der Waals surface area contributed by atoms with Gasteiger partial charge in [-0.2, -0.15) is 0 Å². The van der Waals surface area contributed by atoms with Crippen molar-refractivity contribution < 1.29 is 89.1 Å². The number of esters is 1. The fourth-order valence-corrected chi connectivity index (χ4v) is 5.80. The second-order valence-corrected chi connectivity index (χ2v) is 12.6. The molecule has 2 saturated heterocycles. The number of ether oxygens (including phenoxy) is 5. The molecule has 11 N–H and O–H groups in total. The fourth-order valence-electron chi connectivity index (χ4n) is 5.80. The van der Waals surface area contributed by atoms with Gasteiger partial charge in [-0.25, -0.2) is 4.79 Å². The van der Waals surface area contributed by atoms with Gasteiger partial charge in [-0.15, -0.1) is 0 Å². The summed E-state index contributed by atoms with van der Waals surface area (Å²) < 4.78 is 33.7. The van der Waals surface area contributed by atoms with Gasteiger partial charge in [0.15, 0.2) is 39.9 Å². The van der Waals surface area contributed by atoms with E-state index in [4.69, 9.17) is 28.1 Å². The number of phenols is 4. The average molecular weight is 773 g/mol. The van der Waals surface area contributed by atoms with Crippen LogP contribution in [-0.4, -0.2) is 137 Å². The number of aliphatic hydroxyl groups excluding tert-OH is 7. The first kappa shape index (κ1) is 39.2. The van der Waals surface area contributed by atoms with Crippen molar-refractivity contribution in [1.29, 1.82) is 0 Å². The topological polar surface area (TPSA) is 316 Å². The summed E-state index contributed by atoms with van der Waals surface area (Å²) in [5.74, 6) is -3.83. The van der Waals surface area contributed by atoms with E-state index >= 15 is 0 Å². The summed E-state index contributed by atoms with van der Waals surface area (Å²) in [5.41, 5.74) is -0.302. The minimum absolute atomic E-state index is 0.0233. The molecule has 294 valence electrons. The van der Waals surface area contributed by atoms with Gasteiger partial charge in [0.25, 0.3) is 0 Å². The molecule has 10 atom stereocenters. The van der Waals surface area contributed by atoms with Gasteiger partial charge in [-0.3, -0.25) is 4.79 Å². The number of carbonyl (C=O) groups is 1. The first-order valence-electron chi connectivity index (χ1n) is 16.5. The molecule has 19 heteroatoms. The number of hydrogen-bond acceptors (Lipinski definition) is 19. The number of rotatable bonds is 10. The van der Waals surface area contributed by atoms with E-state index in [1.54, 1.807) is 0 Å². The number of benzene rings is 3. The molecule has 0 radical (unpaired) electrons. The van der Waals surface area contributed by atoms with Crippen LogP contribution < -0.4 is 14.9 Å². The van der Waals surface area contributed by atoms with Crippen LogP contribution in [0.15, 0.2) is 69.9 Å². The predicted octanol–water partition coefficient (Wildman–Crippen LogP) is -1.14. The highest BCUT2D eigenvalue weighted by molar-refractivity contribution is 5.87. The smallest absolute Gasteiger partial charge is 0.330 e. The summed E-state index contributed by atoms with van der Waals surface area (Å²) in [4.78, 5) is 24.6. The van der Waals surface area contributed by atoms with E-state index in [0.29, 0.717) is 5.56 Å². The van der Waals surface area contributed by atoms with Crippen LogP contribution in [0.5, 0.6) is 34.5 Å². The van der Waals surface area contributed by atoms with Gasteiger partial charge in [0.1, 0.15) is 66.9 Å². The zero-order valence-corrected chi connectivity index (χ0v) is 28.2. The third-order valence-electron chi connectivity index (χ3n) is 8.83. The summed E-state index contributed by atoms with van der Waals surface area (Å²) in [7, 11) is 0. The first-order valence-corrected chi connectivity index (χ1v) is 16.5. The highest BCUT2D eigenvalue weighted by Gasteiger charge is 2.47. The second kappa shape index (κ2) is 16.1. The van der Waals surface area contributed by atoms with Crippen molar-refractivity contribution in [3.8, 4) is 57.1 Å². The normalized spacial score (nSPS) is 28.3. The molecule has 0 saturated carbocycles. The maximum absolute atomic E-state index is 12.4. The molecule has 0 amide bonds. The lowest BCUT2D eigenvalue weighted by molar-refractivity contribution is -0.278. The lowest BCUT2D eigenvalue weighted by Crippen LogP contribution is -2.60. The molecule has 4 aliphatic rings. The average Bonchev–Trinajstić information content (AvgIpc) is 3.15. The Hall–Kier alpha value is -5.48. The molecule has 19 nitrogen and oxygen atoms in total. The minimum Gasteiger partial charge on any atom is -0.507 e. The van der Waals surface area contributed by atoms with Crippen LogP contribution in [0.4, 0.5) is 0 Å². The molecule has 1 aliphatic carbocycles. The van der Waals surface area contributed by atoms with Crippen LogP contribution in [0, 0.1) is 0 Å². The molecule has 2 fully saturated rings. The van der Waals surface area contributed by atoms with E-state index in [2.05, 4.69) is 0 Å². The summed E-state index contributed by atoms with van der Waals surface area (Å²) in [5, 5.41) is 113. The van der Waals surface area contributed by atoms with Gasteiger partial charge in [-0.05, 0) is 48.0 Å². The van der Waals surface area contributed by atoms with E-state index in [1.165, 1.54) is 36.4 Å². The molecule has 3 aliphatic heterocycles. The Labute approximate surface area is 309 Å². The maximum Gasteiger partial charge on any atom is 0.330 e. The van der Waals surface area contributed by atoms with Crippen molar-refractivity contribution in [2.24, 2.45) is 0 Å².